The van der Waals surface area contributed by atoms with E-state index >= 15 is 0 Å². The molecule has 1 amide bonds. The number of hydrogen-bond donors (Lipinski definition) is 1. The van der Waals surface area contributed by atoms with Gasteiger partial charge in [-0.1, -0.05) is 12.1 Å². The van der Waals surface area contributed by atoms with Crippen molar-refractivity contribution in [3.63, 3.8) is 0 Å². The van der Waals surface area contributed by atoms with E-state index in [9.17, 15) is 18.7 Å². The van der Waals surface area contributed by atoms with Gasteiger partial charge in [0.2, 0.25) is 5.91 Å². The van der Waals surface area contributed by atoms with E-state index in [1.807, 2.05) is 53.2 Å². The van der Waals surface area contributed by atoms with Crippen molar-refractivity contribution in [3.8, 4) is 11.5 Å². The van der Waals surface area contributed by atoms with Crippen LogP contribution in [0.25, 0.3) is 0 Å². The molecule has 0 unspecified atom stereocenters. The quantitative estimate of drug-likeness (QED) is 0.342. The number of β-amino-alcohol motifs (C(OH)–C–C–N with tert-alkyl or cyclic N) is 1. The van der Waals surface area contributed by atoms with E-state index in [1.54, 1.807) is 0 Å². The molecule has 4 rings (SSSR count). The van der Waals surface area contributed by atoms with Crippen LogP contribution in [0.3, 0.4) is 0 Å². The number of carbonyl (C=O) groups excluding carboxylic acids is 1. The molecule has 0 spiro atoms. The number of methoxy groups -OCH3 is 1. The third-order valence-corrected chi connectivity index (χ3v) is 6.52. The molecule has 2 aromatic carbocycles. The van der Waals surface area contributed by atoms with Crippen molar-refractivity contribution in [2.24, 2.45) is 0 Å². The largest absolute Gasteiger partial charge is 0.494 e. The Bertz CT molecular complexity index is 1250. The number of aliphatic hydroxyl groups is 1. The van der Waals surface area contributed by atoms with Crippen molar-refractivity contribution in [2.45, 2.75) is 32.0 Å². The molecule has 0 bridgehead atoms. The molecule has 0 radical (unpaired) electrons. The highest BCUT2D eigenvalue weighted by molar-refractivity contribution is 5.77. The normalized spacial score (nSPS) is 18.0. The third-order valence-electron chi connectivity index (χ3n) is 6.52. The predicted octanol–water partition coefficient (Wildman–Crippen LogP) is 3.04. The molecule has 2 heterocycles. The SMILES string of the molecule is COCC(=O)N1CCN(Cc2cccc(OCCCn3cc(C)cn3)c2)C[C@](O)(COc2cc(F)cc(F)c2)C1. The van der Waals surface area contributed by atoms with Crippen LogP contribution in [0.1, 0.15) is 17.5 Å². The summed E-state index contributed by atoms with van der Waals surface area (Å²) in [4.78, 5) is 16.2. The number of aromatic nitrogens is 2. The Kier molecular flexibility index (Phi) is 10.1. The van der Waals surface area contributed by atoms with Crippen LogP contribution in [0.4, 0.5) is 8.78 Å². The predicted molar refractivity (Wildman–Crippen MR) is 144 cm³/mol. The highest BCUT2D eigenvalue weighted by Crippen LogP contribution is 2.22. The van der Waals surface area contributed by atoms with Gasteiger partial charge in [0, 0.05) is 70.7 Å². The number of halogens is 2. The Morgan fingerprint density at radius 3 is 2.60 bits per heavy atom. The maximum Gasteiger partial charge on any atom is 0.248 e. The first-order valence-corrected chi connectivity index (χ1v) is 13.2. The van der Waals surface area contributed by atoms with Crippen LogP contribution in [0.15, 0.2) is 54.9 Å². The van der Waals surface area contributed by atoms with E-state index in [0.717, 1.165) is 48.0 Å². The molecule has 9 nitrogen and oxygen atoms in total. The van der Waals surface area contributed by atoms with Gasteiger partial charge in [-0.25, -0.2) is 8.78 Å². The van der Waals surface area contributed by atoms with Gasteiger partial charge in [-0.05, 0) is 30.2 Å². The van der Waals surface area contributed by atoms with Crippen molar-refractivity contribution >= 4 is 5.91 Å². The lowest BCUT2D eigenvalue weighted by Gasteiger charge is -2.33. The van der Waals surface area contributed by atoms with Gasteiger partial charge in [-0.3, -0.25) is 14.4 Å². The Labute approximate surface area is 232 Å². The molecule has 0 aliphatic carbocycles. The summed E-state index contributed by atoms with van der Waals surface area (Å²) < 4.78 is 45.8. The summed E-state index contributed by atoms with van der Waals surface area (Å²) in [5.41, 5.74) is 0.601. The summed E-state index contributed by atoms with van der Waals surface area (Å²) in [5, 5.41) is 15.8. The Balaban J connectivity index is 1.39. The van der Waals surface area contributed by atoms with Crippen molar-refractivity contribution in [1.82, 2.24) is 19.6 Å². The molecule has 1 fully saturated rings. The first kappa shape index (κ1) is 29.4. The third kappa shape index (κ3) is 8.73. The number of aryl methyl sites for hydroxylation is 2. The van der Waals surface area contributed by atoms with Gasteiger partial charge in [0.1, 0.15) is 41.9 Å². The fraction of sp³-hybridized carbons (Fsp3) is 0.448. The van der Waals surface area contributed by atoms with Gasteiger partial charge in [-0.15, -0.1) is 0 Å². The second-order valence-electron chi connectivity index (χ2n) is 10.2. The number of ether oxygens (including phenoxy) is 3. The zero-order valence-corrected chi connectivity index (χ0v) is 22.9. The van der Waals surface area contributed by atoms with Crippen molar-refractivity contribution < 1.29 is 32.9 Å². The van der Waals surface area contributed by atoms with Gasteiger partial charge in [-0.2, -0.15) is 5.10 Å². The molecular weight excluding hydrogens is 522 g/mol. The maximum atomic E-state index is 13.6. The minimum absolute atomic E-state index is 0.0115. The van der Waals surface area contributed by atoms with E-state index in [1.165, 1.54) is 12.0 Å². The number of amides is 1. The maximum absolute atomic E-state index is 13.6. The molecule has 0 saturated carbocycles. The highest BCUT2D eigenvalue weighted by atomic mass is 19.1. The molecule has 216 valence electrons. The fourth-order valence-corrected chi connectivity index (χ4v) is 4.72. The molecule has 1 saturated heterocycles. The van der Waals surface area contributed by atoms with E-state index in [2.05, 4.69) is 5.10 Å². The van der Waals surface area contributed by atoms with E-state index in [0.29, 0.717) is 26.2 Å². The molecule has 1 N–H and O–H groups in total. The first-order valence-electron chi connectivity index (χ1n) is 13.2. The van der Waals surface area contributed by atoms with Crippen LogP contribution in [0.5, 0.6) is 11.5 Å². The second-order valence-corrected chi connectivity index (χ2v) is 10.2. The van der Waals surface area contributed by atoms with Gasteiger partial charge in [0.25, 0.3) is 0 Å². The Hall–Kier alpha value is -3.54. The zero-order chi connectivity index (χ0) is 28.5. The van der Waals surface area contributed by atoms with E-state index < -0.39 is 17.2 Å². The average Bonchev–Trinajstić information content (AvgIpc) is 3.24. The number of rotatable bonds is 12. The molecule has 1 aliphatic heterocycles. The summed E-state index contributed by atoms with van der Waals surface area (Å²) in [6.07, 6.45) is 4.63. The monoisotopic (exact) mass is 558 g/mol. The standard InChI is InChI=1S/C29H36F2N4O5/c1-22-15-32-35(16-22)7-4-10-39-26-6-3-5-23(11-26)17-33-8-9-34(28(36)18-38-2)20-29(37,19-33)21-40-27-13-24(30)12-25(31)14-27/h3,5-6,11-16,37H,4,7-10,17-21H2,1-2H3/t29-/m1/s1. The summed E-state index contributed by atoms with van der Waals surface area (Å²) >= 11 is 0. The van der Waals surface area contributed by atoms with Crippen LogP contribution >= 0.6 is 0 Å². The molecule has 3 aromatic rings. The molecule has 1 aliphatic rings. The van der Waals surface area contributed by atoms with Crippen LogP contribution in [-0.2, 0) is 22.6 Å². The van der Waals surface area contributed by atoms with Gasteiger partial charge in [0.15, 0.2) is 0 Å². The topological polar surface area (TPSA) is 89.3 Å². The van der Waals surface area contributed by atoms with Gasteiger partial charge >= 0.3 is 0 Å². The zero-order valence-electron chi connectivity index (χ0n) is 22.9. The summed E-state index contributed by atoms with van der Waals surface area (Å²) in [6, 6.07) is 10.6. The highest BCUT2D eigenvalue weighted by Gasteiger charge is 2.37. The fourth-order valence-electron chi connectivity index (χ4n) is 4.72. The van der Waals surface area contributed by atoms with Crippen molar-refractivity contribution in [2.75, 3.05) is 53.1 Å². The molecular formula is C29H36F2N4O5. The minimum atomic E-state index is -1.50. The number of hydrogen-bond acceptors (Lipinski definition) is 7. The molecule has 40 heavy (non-hydrogen) atoms. The van der Waals surface area contributed by atoms with Crippen LogP contribution < -0.4 is 9.47 Å². The van der Waals surface area contributed by atoms with Crippen LogP contribution in [-0.4, -0.2) is 89.3 Å². The summed E-state index contributed by atoms with van der Waals surface area (Å²) in [6.45, 7) is 4.47. The summed E-state index contributed by atoms with van der Waals surface area (Å²) in [5.74, 6) is -1.11. The summed E-state index contributed by atoms with van der Waals surface area (Å²) in [7, 11) is 1.43. The second kappa shape index (κ2) is 13.7. The van der Waals surface area contributed by atoms with E-state index in [-0.39, 0.29) is 38.0 Å². The van der Waals surface area contributed by atoms with Gasteiger partial charge in [0.05, 0.1) is 19.3 Å². The molecule has 1 atom stereocenters. The average molecular weight is 559 g/mol. The van der Waals surface area contributed by atoms with Crippen LogP contribution in [0.2, 0.25) is 0 Å². The molecule has 11 heteroatoms. The number of carbonyl (C=O) groups is 1. The Morgan fingerprint density at radius 1 is 1.07 bits per heavy atom. The van der Waals surface area contributed by atoms with Gasteiger partial charge < -0.3 is 24.2 Å². The first-order chi connectivity index (χ1) is 19.2. The lowest BCUT2D eigenvalue weighted by atomic mass is 10.0. The number of nitrogens with zero attached hydrogens (tertiary/aromatic N) is 4. The van der Waals surface area contributed by atoms with E-state index in [4.69, 9.17) is 14.2 Å². The van der Waals surface area contributed by atoms with Crippen molar-refractivity contribution in [3.05, 3.63) is 77.6 Å². The lowest BCUT2D eigenvalue weighted by molar-refractivity contribution is -0.138. The number of benzene rings is 2. The van der Waals surface area contributed by atoms with Crippen LogP contribution in [0, 0.1) is 18.6 Å². The lowest BCUT2D eigenvalue weighted by Crippen LogP contribution is -2.52. The minimum Gasteiger partial charge on any atom is -0.494 e. The molecule has 1 aromatic heterocycles. The Morgan fingerprint density at radius 2 is 1.88 bits per heavy atom. The smallest absolute Gasteiger partial charge is 0.248 e. The van der Waals surface area contributed by atoms with Crippen molar-refractivity contribution in [1.29, 1.82) is 0 Å².